The molecule has 4 nitrogen and oxygen atoms in total. The molecule has 23 heavy (non-hydrogen) atoms. The summed E-state index contributed by atoms with van der Waals surface area (Å²) in [6, 6.07) is 14.2. The molecule has 0 aliphatic heterocycles. The second kappa shape index (κ2) is 6.08. The monoisotopic (exact) mass is 306 g/mol. The van der Waals surface area contributed by atoms with Crippen LogP contribution < -0.4 is 0 Å². The van der Waals surface area contributed by atoms with Gasteiger partial charge in [-0.25, -0.2) is 9.78 Å². The van der Waals surface area contributed by atoms with E-state index in [9.17, 15) is 4.79 Å². The molecule has 0 fully saturated rings. The van der Waals surface area contributed by atoms with E-state index in [2.05, 4.69) is 25.1 Å². The average molecular weight is 306 g/mol. The second-order valence-electron chi connectivity index (χ2n) is 5.64. The van der Waals surface area contributed by atoms with Gasteiger partial charge in [0.1, 0.15) is 5.65 Å². The van der Waals surface area contributed by atoms with Crippen LogP contribution in [-0.2, 0) is 11.2 Å². The van der Waals surface area contributed by atoms with Crippen molar-refractivity contribution >= 4 is 17.7 Å². The number of benzene rings is 1. The highest BCUT2D eigenvalue weighted by atomic mass is 16.4. The third-order valence-electron chi connectivity index (χ3n) is 3.79. The van der Waals surface area contributed by atoms with E-state index < -0.39 is 5.97 Å². The molecule has 0 unspecified atom stereocenters. The molecule has 0 aliphatic carbocycles. The Morgan fingerprint density at radius 1 is 1.22 bits per heavy atom. The van der Waals surface area contributed by atoms with E-state index in [1.807, 2.05) is 35.6 Å². The smallest absolute Gasteiger partial charge is 0.328 e. The summed E-state index contributed by atoms with van der Waals surface area (Å²) >= 11 is 0. The number of rotatable bonds is 4. The van der Waals surface area contributed by atoms with Gasteiger partial charge in [-0.15, -0.1) is 0 Å². The first-order valence-electron chi connectivity index (χ1n) is 7.48. The van der Waals surface area contributed by atoms with Crippen LogP contribution in [-0.4, -0.2) is 20.5 Å². The Kier molecular flexibility index (Phi) is 3.98. The lowest BCUT2D eigenvalue weighted by molar-refractivity contribution is -0.131. The predicted molar refractivity (Wildman–Crippen MR) is 90.6 cm³/mol. The highest BCUT2D eigenvalue weighted by Gasteiger charge is 2.12. The van der Waals surface area contributed by atoms with Crippen molar-refractivity contribution < 1.29 is 9.90 Å². The van der Waals surface area contributed by atoms with E-state index in [0.717, 1.165) is 34.4 Å². The summed E-state index contributed by atoms with van der Waals surface area (Å²) < 4.78 is 1.99. The Hall–Kier alpha value is -2.88. The van der Waals surface area contributed by atoms with Crippen LogP contribution in [0.4, 0.5) is 0 Å². The van der Waals surface area contributed by atoms with Crippen molar-refractivity contribution in [2.45, 2.75) is 20.3 Å². The van der Waals surface area contributed by atoms with Crippen molar-refractivity contribution in [2.75, 3.05) is 0 Å². The van der Waals surface area contributed by atoms with Crippen molar-refractivity contribution in [3.05, 3.63) is 76.7 Å². The van der Waals surface area contributed by atoms with Crippen molar-refractivity contribution in [3.8, 4) is 0 Å². The third-order valence-corrected chi connectivity index (χ3v) is 3.79. The van der Waals surface area contributed by atoms with Crippen molar-refractivity contribution in [3.63, 3.8) is 0 Å². The predicted octanol–water partition coefficient (Wildman–Crippen LogP) is 3.64. The third kappa shape index (κ3) is 3.16. The summed E-state index contributed by atoms with van der Waals surface area (Å²) in [6.07, 6.45) is 3.46. The summed E-state index contributed by atoms with van der Waals surface area (Å²) in [4.78, 5) is 15.6. The van der Waals surface area contributed by atoms with Crippen LogP contribution in [0.2, 0.25) is 0 Å². The molecule has 116 valence electrons. The topological polar surface area (TPSA) is 54.6 Å². The van der Waals surface area contributed by atoms with Gasteiger partial charge in [0.15, 0.2) is 0 Å². The minimum atomic E-state index is -0.963. The van der Waals surface area contributed by atoms with Crippen LogP contribution in [0.25, 0.3) is 11.7 Å². The maximum absolute atomic E-state index is 10.9. The Morgan fingerprint density at radius 2 is 2.00 bits per heavy atom. The van der Waals surface area contributed by atoms with Crippen molar-refractivity contribution in [1.82, 2.24) is 9.38 Å². The second-order valence-corrected chi connectivity index (χ2v) is 5.64. The van der Waals surface area contributed by atoms with Gasteiger partial charge in [0, 0.05) is 18.2 Å². The molecular formula is C19H18N2O2. The van der Waals surface area contributed by atoms with E-state index in [4.69, 9.17) is 10.1 Å². The fourth-order valence-corrected chi connectivity index (χ4v) is 2.79. The minimum absolute atomic E-state index is 0.669. The average Bonchev–Trinajstić information content (AvgIpc) is 2.84. The number of hydrogen-bond donors (Lipinski definition) is 1. The molecule has 2 heterocycles. The zero-order chi connectivity index (χ0) is 16.4. The molecule has 3 rings (SSSR count). The number of carbonyl (C=O) groups is 1. The summed E-state index contributed by atoms with van der Waals surface area (Å²) in [5, 5.41) is 8.95. The van der Waals surface area contributed by atoms with Gasteiger partial charge in [-0.3, -0.25) is 4.40 Å². The SMILES string of the molecule is Cc1cccc(Cc2nc3cccc(C)n3c2/C=C/C(=O)O)c1. The molecule has 3 aromatic rings. The van der Waals surface area contributed by atoms with Crippen molar-refractivity contribution in [2.24, 2.45) is 0 Å². The summed E-state index contributed by atoms with van der Waals surface area (Å²) in [7, 11) is 0. The van der Waals surface area contributed by atoms with Gasteiger partial charge in [0.2, 0.25) is 0 Å². The normalized spacial score (nSPS) is 11.4. The van der Waals surface area contributed by atoms with Crippen LogP contribution in [0.3, 0.4) is 0 Å². The molecule has 0 atom stereocenters. The van der Waals surface area contributed by atoms with E-state index in [1.165, 1.54) is 5.56 Å². The number of hydrogen-bond acceptors (Lipinski definition) is 2. The van der Waals surface area contributed by atoms with Gasteiger partial charge in [0.25, 0.3) is 0 Å². The molecule has 0 radical (unpaired) electrons. The Labute approximate surface area is 134 Å². The molecule has 1 N–H and O–H groups in total. The van der Waals surface area contributed by atoms with Crippen LogP contribution >= 0.6 is 0 Å². The number of fused-ring (bicyclic) bond motifs is 1. The van der Waals surface area contributed by atoms with Gasteiger partial charge in [-0.05, 0) is 37.6 Å². The number of pyridine rings is 1. The van der Waals surface area contributed by atoms with Gasteiger partial charge in [-0.2, -0.15) is 0 Å². The number of nitrogens with zero attached hydrogens (tertiary/aromatic N) is 2. The lowest BCUT2D eigenvalue weighted by Crippen LogP contribution is -1.97. The molecule has 0 spiro atoms. The molecule has 0 bridgehead atoms. The number of aryl methyl sites for hydroxylation is 2. The lowest BCUT2D eigenvalue weighted by atomic mass is 10.1. The minimum Gasteiger partial charge on any atom is -0.478 e. The van der Waals surface area contributed by atoms with E-state index in [1.54, 1.807) is 6.08 Å². The maximum atomic E-state index is 10.9. The summed E-state index contributed by atoms with van der Waals surface area (Å²) in [5.41, 5.74) is 5.92. The number of imidazole rings is 1. The van der Waals surface area contributed by atoms with Crippen LogP contribution in [0.1, 0.15) is 28.2 Å². The fourth-order valence-electron chi connectivity index (χ4n) is 2.79. The molecule has 0 saturated carbocycles. The number of aliphatic carboxylic acids is 1. The highest BCUT2D eigenvalue weighted by Crippen LogP contribution is 2.20. The Morgan fingerprint density at radius 3 is 2.74 bits per heavy atom. The number of carboxylic acid groups (broad SMARTS) is 1. The molecular weight excluding hydrogens is 288 g/mol. The van der Waals surface area contributed by atoms with Gasteiger partial charge in [0.05, 0.1) is 11.4 Å². The quantitative estimate of drug-likeness (QED) is 0.749. The van der Waals surface area contributed by atoms with E-state index in [-0.39, 0.29) is 0 Å². The Balaban J connectivity index is 2.13. The van der Waals surface area contributed by atoms with Crippen LogP contribution in [0.5, 0.6) is 0 Å². The van der Waals surface area contributed by atoms with Gasteiger partial charge < -0.3 is 5.11 Å². The highest BCUT2D eigenvalue weighted by molar-refractivity contribution is 5.85. The molecule has 4 heteroatoms. The van der Waals surface area contributed by atoms with Crippen molar-refractivity contribution in [1.29, 1.82) is 0 Å². The molecule has 0 saturated heterocycles. The standard InChI is InChI=1S/C19H18N2O2/c1-13-5-3-7-15(11-13)12-16-17(9-10-19(22)23)21-14(2)6-4-8-18(21)20-16/h3-11H,12H2,1-2H3,(H,22,23)/b10-9+. The first kappa shape index (κ1) is 15.0. The van der Waals surface area contributed by atoms with Gasteiger partial charge in [-0.1, -0.05) is 35.9 Å². The zero-order valence-electron chi connectivity index (χ0n) is 13.2. The number of carboxylic acids is 1. The molecule has 0 amide bonds. The molecule has 2 aromatic heterocycles. The fraction of sp³-hybridized carbons (Fsp3) is 0.158. The molecule has 1 aromatic carbocycles. The molecule has 0 aliphatic rings. The first-order chi connectivity index (χ1) is 11.0. The maximum Gasteiger partial charge on any atom is 0.328 e. The lowest BCUT2D eigenvalue weighted by Gasteiger charge is -2.04. The first-order valence-corrected chi connectivity index (χ1v) is 7.48. The van der Waals surface area contributed by atoms with Gasteiger partial charge >= 0.3 is 5.97 Å². The van der Waals surface area contributed by atoms with Crippen LogP contribution in [0, 0.1) is 13.8 Å². The summed E-state index contributed by atoms with van der Waals surface area (Å²) in [6.45, 7) is 4.05. The largest absolute Gasteiger partial charge is 0.478 e. The van der Waals surface area contributed by atoms with Crippen LogP contribution in [0.15, 0.2) is 48.5 Å². The van der Waals surface area contributed by atoms with E-state index in [0.29, 0.717) is 6.42 Å². The van der Waals surface area contributed by atoms with E-state index >= 15 is 0 Å². The number of aromatic nitrogens is 2. The zero-order valence-corrected chi connectivity index (χ0v) is 13.2. The Bertz CT molecular complexity index is 907. The summed E-state index contributed by atoms with van der Waals surface area (Å²) in [5.74, 6) is -0.963.